The van der Waals surface area contributed by atoms with Crippen LogP contribution in [0.4, 0.5) is 0 Å². The van der Waals surface area contributed by atoms with Gasteiger partial charge in [0.15, 0.2) is 6.61 Å². The second-order valence-corrected chi connectivity index (χ2v) is 7.27. The van der Waals surface area contributed by atoms with Crippen molar-refractivity contribution in [2.24, 2.45) is 11.8 Å². The molecule has 1 aromatic carbocycles. The molecule has 1 unspecified atom stereocenters. The van der Waals surface area contributed by atoms with E-state index in [9.17, 15) is 14.4 Å². The summed E-state index contributed by atoms with van der Waals surface area (Å²) in [6, 6.07) is 6.24. The van der Waals surface area contributed by atoms with Crippen molar-refractivity contribution in [1.29, 1.82) is 0 Å². The van der Waals surface area contributed by atoms with Crippen LogP contribution in [0.3, 0.4) is 0 Å². The van der Waals surface area contributed by atoms with E-state index in [1.807, 2.05) is 53.7 Å². The largest absolute Gasteiger partial charge is 0.454 e. The van der Waals surface area contributed by atoms with E-state index in [1.165, 1.54) is 0 Å². The molecule has 0 aliphatic rings. The summed E-state index contributed by atoms with van der Waals surface area (Å²) >= 11 is 0. The van der Waals surface area contributed by atoms with Crippen molar-refractivity contribution < 1.29 is 19.1 Å². The topological polar surface area (TPSA) is 84.5 Å². The summed E-state index contributed by atoms with van der Waals surface area (Å²) in [5.41, 5.74) is 1.51. The fraction of sp³-hybridized carbons (Fsp3) is 0.550. The minimum absolute atomic E-state index is 0.0108. The smallest absolute Gasteiger partial charge is 0.329 e. The summed E-state index contributed by atoms with van der Waals surface area (Å²) in [4.78, 5) is 36.5. The molecule has 2 atom stereocenters. The van der Waals surface area contributed by atoms with E-state index in [0.717, 1.165) is 5.56 Å². The maximum atomic E-state index is 12.3. The molecule has 6 nitrogen and oxygen atoms in total. The molecule has 0 spiro atoms. The van der Waals surface area contributed by atoms with Crippen molar-refractivity contribution in [2.45, 2.75) is 53.6 Å². The molecule has 144 valence electrons. The van der Waals surface area contributed by atoms with Crippen LogP contribution in [0.15, 0.2) is 24.3 Å². The second kappa shape index (κ2) is 9.94. The van der Waals surface area contributed by atoms with E-state index >= 15 is 0 Å². The lowest BCUT2D eigenvalue weighted by molar-refractivity contribution is -0.151. The molecule has 2 N–H and O–H groups in total. The van der Waals surface area contributed by atoms with Gasteiger partial charge < -0.3 is 15.4 Å². The van der Waals surface area contributed by atoms with E-state index in [0.29, 0.717) is 5.56 Å². The zero-order chi connectivity index (χ0) is 19.9. The van der Waals surface area contributed by atoms with Crippen molar-refractivity contribution >= 4 is 17.8 Å². The van der Waals surface area contributed by atoms with Crippen LogP contribution in [-0.4, -0.2) is 36.5 Å². The number of carbonyl (C=O) groups is 3. The molecule has 26 heavy (non-hydrogen) atoms. The molecule has 0 aliphatic heterocycles. The summed E-state index contributed by atoms with van der Waals surface area (Å²) in [7, 11) is 0. The molecule has 1 aromatic rings. The van der Waals surface area contributed by atoms with Crippen LogP contribution in [0.1, 0.15) is 50.5 Å². The van der Waals surface area contributed by atoms with E-state index in [2.05, 4.69) is 10.6 Å². The first-order valence-electron chi connectivity index (χ1n) is 8.95. The number of aryl methyl sites for hydroxylation is 1. The van der Waals surface area contributed by atoms with Gasteiger partial charge in [-0.15, -0.1) is 0 Å². The average molecular weight is 362 g/mol. The van der Waals surface area contributed by atoms with Crippen LogP contribution in [0, 0.1) is 18.8 Å². The van der Waals surface area contributed by atoms with Gasteiger partial charge in [-0.2, -0.15) is 0 Å². The summed E-state index contributed by atoms with van der Waals surface area (Å²) in [5.74, 6) is -1.21. The lowest BCUT2D eigenvalue weighted by Gasteiger charge is -2.21. The number of ether oxygens (including phenoxy) is 1. The van der Waals surface area contributed by atoms with E-state index in [4.69, 9.17) is 4.74 Å². The monoisotopic (exact) mass is 362 g/mol. The van der Waals surface area contributed by atoms with Crippen molar-refractivity contribution in [3.05, 3.63) is 35.4 Å². The molecule has 0 aromatic heterocycles. The van der Waals surface area contributed by atoms with E-state index < -0.39 is 12.0 Å². The van der Waals surface area contributed by atoms with Crippen LogP contribution in [0.2, 0.25) is 0 Å². The molecular weight excluding hydrogens is 332 g/mol. The van der Waals surface area contributed by atoms with Gasteiger partial charge in [0.25, 0.3) is 11.8 Å². The third-order valence-corrected chi connectivity index (χ3v) is 4.26. The molecule has 0 fully saturated rings. The van der Waals surface area contributed by atoms with Crippen molar-refractivity contribution in [3.63, 3.8) is 0 Å². The summed E-state index contributed by atoms with van der Waals surface area (Å²) in [5, 5.41) is 5.46. The lowest BCUT2D eigenvalue weighted by atomic mass is 10.0. The van der Waals surface area contributed by atoms with Gasteiger partial charge in [0.2, 0.25) is 0 Å². The molecule has 0 aliphatic carbocycles. The van der Waals surface area contributed by atoms with Crippen molar-refractivity contribution in [1.82, 2.24) is 10.6 Å². The van der Waals surface area contributed by atoms with Gasteiger partial charge in [-0.25, -0.2) is 4.79 Å². The Morgan fingerprint density at radius 2 is 1.50 bits per heavy atom. The molecule has 0 radical (unpaired) electrons. The van der Waals surface area contributed by atoms with Crippen molar-refractivity contribution in [3.8, 4) is 0 Å². The highest BCUT2D eigenvalue weighted by molar-refractivity contribution is 5.97. The quantitative estimate of drug-likeness (QED) is 0.696. The Morgan fingerprint density at radius 1 is 0.923 bits per heavy atom. The van der Waals surface area contributed by atoms with Crippen LogP contribution in [0.5, 0.6) is 0 Å². The number of amides is 2. The third kappa shape index (κ3) is 6.86. The maximum Gasteiger partial charge on any atom is 0.329 e. The fourth-order valence-corrected chi connectivity index (χ4v) is 2.12. The molecule has 1 rings (SSSR count). The van der Waals surface area contributed by atoms with Crippen LogP contribution >= 0.6 is 0 Å². The predicted molar refractivity (Wildman–Crippen MR) is 101 cm³/mol. The SMILES string of the molecule is Cc1ccc(C(=O)N[C@H](C(=O)OCC(=O)NC(C)C(C)C)C(C)C)cc1. The van der Waals surface area contributed by atoms with Gasteiger partial charge in [0.1, 0.15) is 6.04 Å². The highest BCUT2D eigenvalue weighted by Crippen LogP contribution is 2.08. The normalized spacial score (nSPS) is 13.2. The van der Waals surface area contributed by atoms with Gasteiger partial charge in [0.05, 0.1) is 0 Å². The number of carbonyl (C=O) groups excluding carboxylic acids is 3. The van der Waals surface area contributed by atoms with Crippen molar-refractivity contribution in [2.75, 3.05) is 6.61 Å². The van der Waals surface area contributed by atoms with Crippen LogP contribution in [0.25, 0.3) is 0 Å². The molecule has 0 saturated heterocycles. The van der Waals surface area contributed by atoms with E-state index in [1.54, 1.807) is 12.1 Å². The molecule has 0 bridgehead atoms. The highest BCUT2D eigenvalue weighted by atomic mass is 16.5. The van der Waals surface area contributed by atoms with Gasteiger partial charge >= 0.3 is 5.97 Å². The first kappa shape index (κ1) is 21.7. The van der Waals surface area contributed by atoms with Crippen LogP contribution < -0.4 is 10.6 Å². The molecule has 2 amide bonds. The minimum Gasteiger partial charge on any atom is -0.454 e. The first-order chi connectivity index (χ1) is 12.1. The summed E-state index contributed by atoms with van der Waals surface area (Å²) < 4.78 is 5.10. The third-order valence-electron chi connectivity index (χ3n) is 4.26. The standard InChI is InChI=1S/C20H30N2O4/c1-12(2)15(6)21-17(23)11-26-20(25)18(13(3)4)22-19(24)16-9-7-14(5)8-10-16/h7-10,12-13,15,18H,11H2,1-6H3,(H,21,23)(H,22,24)/t15?,18-/m0/s1. The number of hydrogen-bond donors (Lipinski definition) is 2. The number of esters is 1. The zero-order valence-electron chi connectivity index (χ0n) is 16.5. The Bertz CT molecular complexity index is 623. The first-order valence-corrected chi connectivity index (χ1v) is 8.95. The number of hydrogen-bond acceptors (Lipinski definition) is 4. The van der Waals surface area contributed by atoms with Gasteiger partial charge in [-0.1, -0.05) is 45.4 Å². The Kier molecular flexibility index (Phi) is 8.29. The average Bonchev–Trinajstić information content (AvgIpc) is 2.57. The number of rotatable bonds is 8. The summed E-state index contributed by atoms with van der Waals surface area (Å²) in [6.45, 7) is 11.1. The molecule has 0 saturated carbocycles. The zero-order valence-corrected chi connectivity index (χ0v) is 16.5. The van der Waals surface area contributed by atoms with Gasteiger partial charge in [-0.05, 0) is 37.8 Å². The number of nitrogens with one attached hydrogen (secondary N) is 2. The van der Waals surface area contributed by atoms with Gasteiger partial charge in [-0.3, -0.25) is 9.59 Å². The molecule has 0 heterocycles. The Morgan fingerprint density at radius 3 is 2.00 bits per heavy atom. The Hall–Kier alpha value is -2.37. The summed E-state index contributed by atoms with van der Waals surface area (Å²) in [6.07, 6.45) is 0. The van der Waals surface area contributed by atoms with Gasteiger partial charge in [0, 0.05) is 11.6 Å². The second-order valence-electron chi connectivity index (χ2n) is 7.27. The fourth-order valence-electron chi connectivity index (χ4n) is 2.12. The Balaban J connectivity index is 2.62. The number of benzene rings is 1. The maximum absolute atomic E-state index is 12.3. The Labute approximate surface area is 155 Å². The van der Waals surface area contributed by atoms with E-state index in [-0.39, 0.29) is 36.3 Å². The van der Waals surface area contributed by atoms with Crippen LogP contribution in [-0.2, 0) is 14.3 Å². The molecule has 6 heteroatoms. The highest BCUT2D eigenvalue weighted by Gasteiger charge is 2.27. The minimum atomic E-state index is -0.820. The molecular formula is C20H30N2O4. The predicted octanol–water partition coefficient (Wildman–Crippen LogP) is 2.45. The lowest BCUT2D eigenvalue weighted by Crippen LogP contribution is -2.46.